The number of pyridine rings is 1. The second-order valence-electron chi connectivity index (χ2n) is 3.32. The third-order valence-electron chi connectivity index (χ3n) is 2.19. The van der Waals surface area contributed by atoms with Gasteiger partial charge in [-0.1, -0.05) is 11.6 Å². The summed E-state index contributed by atoms with van der Waals surface area (Å²) in [6.07, 6.45) is -4.60. The number of fused-ring (bicyclic) bond motifs is 1. The maximum absolute atomic E-state index is 12.5. The van der Waals surface area contributed by atoms with Crippen LogP contribution in [0.25, 0.3) is 10.9 Å². The Hall–Kier alpha value is -0.760. The highest BCUT2D eigenvalue weighted by molar-refractivity contribution is 14.1. The van der Waals surface area contributed by atoms with Gasteiger partial charge in [0.2, 0.25) is 0 Å². The molecule has 2 rings (SSSR count). The van der Waals surface area contributed by atoms with Crippen molar-refractivity contribution in [1.82, 2.24) is 4.98 Å². The van der Waals surface area contributed by atoms with Gasteiger partial charge in [0.25, 0.3) is 0 Å². The fraction of sp³-hybridized carbons (Fsp3) is 0.100. The van der Waals surface area contributed by atoms with Crippen molar-refractivity contribution in [3.63, 3.8) is 0 Å². The molecule has 0 aliphatic heterocycles. The van der Waals surface area contributed by atoms with Crippen molar-refractivity contribution in [3.8, 4) is 0 Å². The van der Waals surface area contributed by atoms with E-state index < -0.39 is 17.3 Å². The molecule has 2 aromatic rings. The van der Waals surface area contributed by atoms with Gasteiger partial charge in [-0.05, 0) is 34.7 Å². The van der Waals surface area contributed by atoms with Gasteiger partial charge in [-0.25, -0.2) is 0 Å². The van der Waals surface area contributed by atoms with Crippen molar-refractivity contribution >= 4 is 45.1 Å². The number of hydrogen-bond acceptors (Lipinski definition) is 1. The lowest BCUT2D eigenvalue weighted by Gasteiger charge is -2.09. The number of H-pyrrole nitrogens is 1. The minimum Gasteiger partial charge on any atom is -0.350 e. The van der Waals surface area contributed by atoms with Gasteiger partial charge < -0.3 is 4.98 Å². The van der Waals surface area contributed by atoms with Gasteiger partial charge in [0.1, 0.15) is 5.69 Å². The molecule has 1 aromatic heterocycles. The Kier molecular flexibility index (Phi) is 3.11. The molecule has 0 radical (unpaired) electrons. The molecule has 90 valence electrons. The van der Waals surface area contributed by atoms with E-state index in [2.05, 4.69) is 4.98 Å². The molecule has 0 saturated carbocycles. The van der Waals surface area contributed by atoms with E-state index in [4.69, 9.17) is 11.6 Å². The summed E-state index contributed by atoms with van der Waals surface area (Å²) >= 11 is 7.66. The molecule has 0 amide bonds. The van der Waals surface area contributed by atoms with E-state index >= 15 is 0 Å². The zero-order valence-corrected chi connectivity index (χ0v) is 10.9. The Morgan fingerprint density at radius 3 is 2.53 bits per heavy atom. The Balaban J connectivity index is 2.92. The zero-order chi connectivity index (χ0) is 12.8. The molecule has 17 heavy (non-hydrogen) atoms. The molecule has 0 fully saturated rings. The molecule has 1 N–H and O–H groups in total. The van der Waals surface area contributed by atoms with Crippen molar-refractivity contribution in [2.45, 2.75) is 6.18 Å². The summed E-state index contributed by atoms with van der Waals surface area (Å²) in [5, 5.41) is 0.259. The van der Waals surface area contributed by atoms with Crippen LogP contribution >= 0.6 is 34.2 Å². The van der Waals surface area contributed by atoms with Crippen molar-refractivity contribution in [3.05, 3.63) is 42.7 Å². The fourth-order valence-electron chi connectivity index (χ4n) is 1.44. The number of benzene rings is 1. The maximum Gasteiger partial charge on any atom is 0.431 e. The number of aromatic nitrogens is 1. The number of rotatable bonds is 0. The van der Waals surface area contributed by atoms with Gasteiger partial charge in [0, 0.05) is 9.64 Å². The van der Waals surface area contributed by atoms with Crippen LogP contribution in [-0.2, 0) is 6.18 Å². The van der Waals surface area contributed by atoms with Crippen LogP contribution in [0.5, 0.6) is 0 Å². The lowest BCUT2D eigenvalue weighted by molar-refractivity contribution is -0.141. The van der Waals surface area contributed by atoms with Crippen LogP contribution in [0, 0.1) is 3.57 Å². The second kappa shape index (κ2) is 4.16. The zero-order valence-electron chi connectivity index (χ0n) is 8.03. The highest BCUT2D eigenvalue weighted by atomic mass is 127. The number of halogens is 5. The molecular weight excluding hydrogens is 369 g/mol. The molecule has 0 aliphatic carbocycles. The molecule has 1 heterocycles. The van der Waals surface area contributed by atoms with E-state index in [0.29, 0.717) is 9.64 Å². The summed E-state index contributed by atoms with van der Waals surface area (Å²) in [5.74, 6) is 0. The molecule has 1 aromatic carbocycles. The molecule has 0 bridgehead atoms. The Morgan fingerprint density at radius 2 is 1.94 bits per heavy atom. The average Bonchev–Trinajstić information content (AvgIpc) is 2.21. The summed E-state index contributed by atoms with van der Waals surface area (Å²) in [6.45, 7) is 0. The first-order chi connectivity index (χ1) is 7.80. The molecule has 0 unspecified atom stereocenters. The second-order valence-corrected chi connectivity index (χ2v) is 4.89. The van der Waals surface area contributed by atoms with Crippen LogP contribution in [0.4, 0.5) is 13.2 Å². The average molecular weight is 373 g/mol. The molecule has 0 spiro atoms. The van der Waals surface area contributed by atoms with E-state index in [0.717, 1.165) is 0 Å². The highest BCUT2D eigenvalue weighted by Gasteiger charge is 2.32. The van der Waals surface area contributed by atoms with E-state index in [1.165, 1.54) is 6.07 Å². The summed E-state index contributed by atoms with van der Waals surface area (Å²) in [4.78, 5) is 13.8. The standard InChI is InChI=1S/C10H4ClF3INO/c11-4-1-2-5(15)8-6(17)3-7(10(12,13)14)16-9(4)8/h1-3H,(H,16,17). The largest absolute Gasteiger partial charge is 0.431 e. The first kappa shape index (κ1) is 12.7. The highest BCUT2D eigenvalue weighted by Crippen LogP contribution is 2.30. The number of hydrogen-bond donors (Lipinski definition) is 1. The topological polar surface area (TPSA) is 32.9 Å². The van der Waals surface area contributed by atoms with Gasteiger partial charge in [-0.3, -0.25) is 4.79 Å². The minimum atomic E-state index is -4.60. The van der Waals surface area contributed by atoms with Gasteiger partial charge in [0.05, 0.1) is 15.9 Å². The smallest absolute Gasteiger partial charge is 0.350 e. The van der Waals surface area contributed by atoms with Gasteiger partial charge in [-0.15, -0.1) is 0 Å². The quantitative estimate of drug-likeness (QED) is 0.700. The lowest BCUT2D eigenvalue weighted by atomic mass is 10.2. The summed E-state index contributed by atoms with van der Waals surface area (Å²) in [7, 11) is 0. The van der Waals surface area contributed by atoms with Crippen molar-refractivity contribution in [2.24, 2.45) is 0 Å². The minimum absolute atomic E-state index is 0.0124. The van der Waals surface area contributed by atoms with Gasteiger partial charge >= 0.3 is 6.18 Å². The predicted molar refractivity (Wildman–Crippen MR) is 67.3 cm³/mol. The van der Waals surface area contributed by atoms with Crippen LogP contribution in [0.3, 0.4) is 0 Å². The predicted octanol–water partition coefficient (Wildman–Crippen LogP) is 3.80. The van der Waals surface area contributed by atoms with Crippen LogP contribution in [0.15, 0.2) is 23.0 Å². The fourth-order valence-corrected chi connectivity index (χ4v) is 2.36. The van der Waals surface area contributed by atoms with Crippen LogP contribution in [0.2, 0.25) is 5.02 Å². The molecule has 0 atom stereocenters. The number of nitrogens with one attached hydrogen (secondary N) is 1. The van der Waals surface area contributed by atoms with Crippen LogP contribution in [0.1, 0.15) is 5.69 Å². The molecule has 2 nitrogen and oxygen atoms in total. The normalized spacial score (nSPS) is 12.1. The Labute approximate surface area is 112 Å². The van der Waals surface area contributed by atoms with E-state index in [-0.39, 0.29) is 15.9 Å². The SMILES string of the molecule is O=c1cc(C(F)(F)F)[nH]c2c(Cl)ccc(I)c12. The lowest BCUT2D eigenvalue weighted by Crippen LogP contribution is -2.14. The third kappa shape index (κ3) is 2.28. The number of alkyl halides is 3. The summed E-state index contributed by atoms with van der Waals surface area (Å²) < 4.78 is 38.1. The van der Waals surface area contributed by atoms with Crippen molar-refractivity contribution in [1.29, 1.82) is 0 Å². The van der Waals surface area contributed by atoms with Gasteiger partial charge in [0.15, 0.2) is 5.43 Å². The Morgan fingerprint density at radius 1 is 1.29 bits per heavy atom. The van der Waals surface area contributed by atoms with Crippen molar-refractivity contribution in [2.75, 3.05) is 0 Å². The monoisotopic (exact) mass is 373 g/mol. The molecule has 0 saturated heterocycles. The third-order valence-corrected chi connectivity index (χ3v) is 3.40. The van der Waals surface area contributed by atoms with Crippen LogP contribution in [-0.4, -0.2) is 4.98 Å². The van der Waals surface area contributed by atoms with E-state index in [1.54, 1.807) is 6.07 Å². The summed E-state index contributed by atoms with van der Waals surface area (Å²) in [5.41, 5.74) is -1.78. The van der Waals surface area contributed by atoms with Gasteiger partial charge in [-0.2, -0.15) is 13.2 Å². The summed E-state index contributed by atoms with van der Waals surface area (Å²) in [6, 6.07) is 3.57. The molecule has 0 aliphatic rings. The van der Waals surface area contributed by atoms with E-state index in [9.17, 15) is 18.0 Å². The molecule has 7 heteroatoms. The molecular formula is C10H4ClF3INO. The first-order valence-electron chi connectivity index (χ1n) is 4.39. The number of aromatic amines is 1. The maximum atomic E-state index is 12.5. The Bertz CT molecular complexity index is 650. The first-order valence-corrected chi connectivity index (χ1v) is 5.84. The van der Waals surface area contributed by atoms with E-state index in [1.807, 2.05) is 22.6 Å². The van der Waals surface area contributed by atoms with Crippen molar-refractivity contribution < 1.29 is 13.2 Å². The van der Waals surface area contributed by atoms with Crippen LogP contribution < -0.4 is 5.43 Å².